The van der Waals surface area contributed by atoms with E-state index in [2.05, 4.69) is 12.2 Å². The van der Waals surface area contributed by atoms with Gasteiger partial charge in [-0.05, 0) is 73.4 Å². The number of benzene rings is 3. The first-order valence-electron chi connectivity index (χ1n) is 9.84. The maximum Gasteiger partial charge on any atom is 0.264 e. The number of carbonyl (C=O) groups excluding carboxylic acids is 1. The van der Waals surface area contributed by atoms with Gasteiger partial charge in [0.05, 0.1) is 10.6 Å². The summed E-state index contributed by atoms with van der Waals surface area (Å²) in [5.74, 6) is -0.405. The van der Waals surface area contributed by atoms with Crippen LogP contribution < -0.4 is 9.62 Å². The number of hydrogen-bond donors (Lipinski definition) is 1. The fraction of sp³-hybridized carbons (Fsp3) is 0.208. The standard InChI is InChI=1S/C24H26N2O3S/c1-4-20-10-12-21(13-11-20)25-24(27)17-26(22-15-18(2)14-19(3)16-22)30(28,29)23-8-6-5-7-9-23/h5-16H,4,17H2,1-3H3,(H,25,27). The first-order chi connectivity index (χ1) is 14.3. The molecule has 5 nitrogen and oxygen atoms in total. The van der Waals surface area contributed by atoms with Gasteiger partial charge in [0, 0.05) is 5.69 Å². The van der Waals surface area contributed by atoms with Gasteiger partial charge >= 0.3 is 0 Å². The fourth-order valence-corrected chi connectivity index (χ4v) is 4.71. The van der Waals surface area contributed by atoms with Crippen LogP contribution in [0.2, 0.25) is 0 Å². The van der Waals surface area contributed by atoms with Gasteiger partial charge in [0.1, 0.15) is 6.54 Å². The summed E-state index contributed by atoms with van der Waals surface area (Å²) in [7, 11) is -3.91. The van der Waals surface area contributed by atoms with Gasteiger partial charge in [-0.15, -0.1) is 0 Å². The van der Waals surface area contributed by atoms with E-state index in [1.54, 1.807) is 30.3 Å². The summed E-state index contributed by atoms with van der Waals surface area (Å²) in [6.45, 7) is 5.54. The molecule has 0 aliphatic carbocycles. The third-order valence-electron chi connectivity index (χ3n) is 4.76. The zero-order valence-corrected chi connectivity index (χ0v) is 18.2. The monoisotopic (exact) mass is 422 g/mol. The van der Waals surface area contributed by atoms with Crippen LogP contribution in [0.15, 0.2) is 77.7 Å². The molecule has 0 heterocycles. The fourth-order valence-electron chi connectivity index (χ4n) is 3.28. The van der Waals surface area contributed by atoms with Gasteiger partial charge < -0.3 is 5.32 Å². The van der Waals surface area contributed by atoms with Crippen molar-refractivity contribution in [2.75, 3.05) is 16.2 Å². The first kappa shape index (κ1) is 21.6. The predicted molar refractivity (Wildman–Crippen MR) is 121 cm³/mol. The predicted octanol–water partition coefficient (Wildman–Crippen LogP) is 4.70. The van der Waals surface area contributed by atoms with Crippen molar-refractivity contribution in [3.63, 3.8) is 0 Å². The molecule has 1 N–H and O–H groups in total. The van der Waals surface area contributed by atoms with Crippen LogP contribution in [0.3, 0.4) is 0 Å². The molecule has 0 radical (unpaired) electrons. The van der Waals surface area contributed by atoms with E-state index in [0.29, 0.717) is 11.4 Å². The number of rotatable bonds is 7. The maximum atomic E-state index is 13.4. The van der Waals surface area contributed by atoms with E-state index in [-0.39, 0.29) is 11.4 Å². The Kier molecular flexibility index (Phi) is 6.57. The number of carbonyl (C=O) groups is 1. The Morgan fingerprint density at radius 3 is 2.07 bits per heavy atom. The molecule has 30 heavy (non-hydrogen) atoms. The summed E-state index contributed by atoms with van der Waals surface area (Å²) in [5, 5.41) is 2.80. The molecule has 0 saturated carbocycles. The second kappa shape index (κ2) is 9.13. The summed E-state index contributed by atoms with van der Waals surface area (Å²) >= 11 is 0. The maximum absolute atomic E-state index is 13.4. The van der Waals surface area contributed by atoms with Crippen LogP contribution in [0, 0.1) is 13.8 Å². The molecule has 0 atom stereocenters. The van der Waals surface area contributed by atoms with Gasteiger partial charge in [-0.2, -0.15) is 0 Å². The van der Waals surface area contributed by atoms with E-state index in [4.69, 9.17) is 0 Å². The second-order valence-electron chi connectivity index (χ2n) is 7.27. The van der Waals surface area contributed by atoms with Crippen LogP contribution >= 0.6 is 0 Å². The number of aryl methyl sites for hydroxylation is 3. The third-order valence-corrected chi connectivity index (χ3v) is 6.55. The number of nitrogens with zero attached hydrogens (tertiary/aromatic N) is 1. The molecule has 0 bridgehead atoms. The van der Waals surface area contributed by atoms with Crippen molar-refractivity contribution < 1.29 is 13.2 Å². The molecule has 0 aliphatic rings. The molecule has 0 aliphatic heterocycles. The second-order valence-corrected chi connectivity index (χ2v) is 9.13. The summed E-state index contributed by atoms with van der Waals surface area (Å²) in [5.41, 5.74) is 4.11. The van der Waals surface area contributed by atoms with E-state index in [1.807, 2.05) is 44.2 Å². The molecular formula is C24H26N2O3S. The van der Waals surface area contributed by atoms with Crippen molar-refractivity contribution in [1.82, 2.24) is 0 Å². The normalized spacial score (nSPS) is 11.2. The smallest absolute Gasteiger partial charge is 0.264 e. The minimum Gasteiger partial charge on any atom is -0.325 e. The van der Waals surface area contributed by atoms with Crippen molar-refractivity contribution in [1.29, 1.82) is 0 Å². The molecular weight excluding hydrogens is 396 g/mol. The molecule has 0 unspecified atom stereocenters. The highest BCUT2D eigenvalue weighted by Crippen LogP contribution is 2.26. The summed E-state index contributed by atoms with van der Waals surface area (Å²) in [6, 6.07) is 21.2. The number of amides is 1. The first-order valence-corrected chi connectivity index (χ1v) is 11.3. The van der Waals surface area contributed by atoms with Crippen molar-refractivity contribution in [2.45, 2.75) is 32.1 Å². The Balaban J connectivity index is 1.93. The van der Waals surface area contributed by atoms with Crippen molar-refractivity contribution in [3.05, 3.63) is 89.5 Å². The lowest BCUT2D eigenvalue weighted by Crippen LogP contribution is -2.38. The Bertz CT molecular complexity index is 1100. The van der Waals surface area contributed by atoms with Gasteiger partial charge in [0.2, 0.25) is 5.91 Å². The van der Waals surface area contributed by atoms with Crippen molar-refractivity contribution in [3.8, 4) is 0 Å². The molecule has 0 saturated heterocycles. The van der Waals surface area contributed by atoms with Crippen LogP contribution in [0.25, 0.3) is 0 Å². The van der Waals surface area contributed by atoms with E-state index in [0.717, 1.165) is 27.4 Å². The largest absolute Gasteiger partial charge is 0.325 e. The molecule has 3 rings (SSSR count). The van der Waals surface area contributed by atoms with Crippen LogP contribution in [-0.4, -0.2) is 20.9 Å². The van der Waals surface area contributed by atoms with E-state index < -0.39 is 15.9 Å². The molecule has 0 spiro atoms. The Morgan fingerprint density at radius 1 is 0.900 bits per heavy atom. The quantitative estimate of drug-likeness (QED) is 0.600. The van der Waals surface area contributed by atoms with Crippen molar-refractivity contribution >= 4 is 27.3 Å². The Labute approximate surface area is 178 Å². The molecule has 3 aromatic rings. The third kappa shape index (κ3) is 5.07. The van der Waals surface area contributed by atoms with Gasteiger partial charge in [0.15, 0.2) is 0 Å². The summed E-state index contributed by atoms with van der Waals surface area (Å²) < 4.78 is 27.9. The SMILES string of the molecule is CCc1ccc(NC(=O)CN(c2cc(C)cc(C)c2)S(=O)(=O)c2ccccc2)cc1. The minimum atomic E-state index is -3.91. The Hall–Kier alpha value is -3.12. The highest BCUT2D eigenvalue weighted by atomic mass is 32.2. The average Bonchev–Trinajstić information content (AvgIpc) is 2.72. The lowest BCUT2D eigenvalue weighted by atomic mass is 10.1. The molecule has 3 aromatic carbocycles. The van der Waals surface area contributed by atoms with Crippen LogP contribution in [0.1, 0.15) is 23.6 Å². The number of nitrogens with one attached hydrogen (secondary N) is 1. The van der Waals surface area contributed by atoms with Crippen molar-refractivity contribution in [2.24, 2.45) is 0 Å². The van der Waals surface area contributed by atoms with Crippen LogP contribution in [-0.2, 0) is 21.2 Å². The Morgan fingerprint density at radius 2 is 1.50 bits per heavy atom. The summed E-state index contributed by atoms with van der Waals surface area (Å²) in [6.07, 6.45) is 0.907. The van der Waals surface area contributed by atoms with Gasteiger partial charge in [0.25, 0.3) is 10.0 Å². The van der Waals surface area contributed by atoms with E-state index in [1.165, 1.54) is 12.1 Å². The molecule has 0 fully saturated rings. The molecule has 0 aromatic heterocycles. The average molecular weight is 423 g/mol. The molecule has 1 amide bonds. The van der Waals surface area contributed by atoms with Gasteiger partial charge in [-0.1, -0.05) is 43.3 Å². The minimum absolute atomic E-state index is 0.143. The van der Waals surface area contributed by atoms with E-state index in [9.17, 15) is 13.2 Å². The van der Waals surface area contributed by atoms with Gasteiger partial charge in [-0.25, -0.2) is 8.42 Å². The number of sulfonamides is 1. The highest BCUT2D eigenvalue weighted by Gasteiger charge is 2.27. The summed E-state index contributed by atoms with van der Waals surface area (Å²) in [4.78, 5) is 12.9. The lowest BCUT2D eigenvalue weighted by Gasteiger charge is -2.25. The zero-order valence-electron chi connectivity index (χ0n) is 17.4. The van der Waals surface area contributed by atoms with Crippen LogP contribution in [0.5, 0.6) is 0 Å². The van der Waals surface area contributed by atoms with Gasteiger partial charge in [-0.3, -0.25) is 9.10 Å². The highest BCUT2D eigenvalue weighted by molar-refractivity contribution is 7.92. The molecule has 156 valence electrons. The van der Waals surface area contributed by atoms with Crippen LogP contribution in [0.4, 0.5) is 11.4 Å². The topological polar surface area (TPSA) is 66.5 Å². The number of anilines is 2. The lowest BCUT2D eigenvalue weighted by molar-refractivity contribution is -0.114. The zero-order chi connectivity index (χ0) is 21.7. The molecule has 6 heteroatoms. The van der Waals surface area contributed by atoms with E-state index >= 15 is 0 Å². The number of hydrogen-bond acceptors (Lipinski definition) is 3.